The number of hydrogen-bond donors (Lipinski definition) is 2. The van der Waals surface area contributed by atoms with Gasteiger partial charge in [-0.3, -0.25) is 14.4 Å². The van der Waals surface area contributed by atoms with Gasteiger partial charge in [0.15, 0.2) is 0 Å². The number of carbonyl (C=O) groups is 3. The highest BCUT2D eigenvalue weighted by molar-refractivity contribution is 6.30. The molecule has 3 aromatic rings. The van der Waals surface area contributed by atoms with E-state index in [4.69, 9.17) is 32.7 Å². The van der Waals surface area contributed by atoms with Crippen LogP contribution in [0.3, 0.4) is 0 Å². The number of halogens is 5. The van der Waals surface area contributed by atoms with E-state index in [9.17, 15) is 27.6 Å². The largest absolute Gasteiger partial charge is 0.497 e. The molecule has 0 saturated carbocycles. The Morgan fingerprint density at radius 1 is 0.837 bits per heavy atom. The van der Waals surface area contributed by atoms with Crippen LogP contribution < -0.4 is 20.1 Å². The molecule has 0 fully saturated rings. The number of benzene rings is 3. The molecule has 0 aliphatic heterocycles. The van der Waals surface area contributed by atoms with Crippen LogP contribution in [-0.4, -0.2) is 49.6 Å². The van der Waals surface area contributed by atoms with E-state index < -0.39 is 47.7 Å². The summed E-state index contributed by atoms with van der Waals surface area (Å²) in [5.41, 5.74) is 1.05. The van der Waals surface area contributed by atoms with Gasteiger partial charge in [0.1, 0.15) is 24.1 Å². The third kappa shape index (κ3) is 9.90. The molecule has 0 heterocycles. The molecule has 2 amide bonds. The molecule has 0 aliphatic carbocycles. The number of rotatable bonds is 13. The van der Waals surface area contributed by atoms with Gasteiger partial charge in [-0.2, -0.15) is 13.2 Å². The van der Waals surface area contributed by atoms with E-state index in [-0.39, 0.29) is 13.0 Å². The summed E-state index contributed by atoms with van der Waals surface area (Å²) in [5.74, 6) is -4.45. The fourth-order valence-corrected chi connectivity index (χ4v) is 4.56. The lowest BCUT2D eigenvalue weighted by atomic mass is 9.96. The highest BCUT2D eigenvalue weighted by atomic mass is 35.5. The third-order valence-corrected chi connectivity index (χ3v) is 7.04. The number of amides is 2. The number of ketones is 1. The van der Waals surface area contributed by atoms with E-state index in [2.05, 4.69) is 10.6 Å². The van der Waals surface area contributed by atoms with Crippen LogP contribution in [0.5, 0.6) is 11.5 Å². The van der Waals surface area contributed by atoms with Gasteiger partial charge < -0.3 is 20.1 Å². The fraction of sp³-hybridized carbons (Fsp3) is 0.323. The van der Waals surface area contributed by atoms with E-state index >= 15 is 0 Å². The first-order valence-electron chi connectivity index (χ1n) is 13.3. The number of nitrogens with one attached hydrogen (secondary N) is 2. The molecule has 0 bridgehead atoms. The van der Waals surface area contributed by atoms with E-state index in [1.165, 1.54) is 21.0 Å². The summed E-state index contributed by atoms with van der Waals surface area (Å²) in [6.07, 6.45) is -5.28. The van der Waals surface area contributed by atoms with E-state index in [1.54, 1.807) is 72.8 Å². The van der Waals surface area contributed by atoms with Crippen LogP contribution >= 0.6 is 23.2 Å². The molecule has 0 aliphatic rings. The van der Waals surface area contributed by atoms with Crippen LogP contribution in [0.4, 0.5) is 13.2 Å². The van der Waals surface area contributed by atoms with E-state index in [1.807, 2.05) is 0 Å². The maximum Gasteiger partial charge on any atom is 0.452 e. The second-order valence-corrected chi connectivity index (χ2v) is 11.0. The molecule has 2 N–H and O–H groups in total. The van der Waals surface area contributed by atoms with Crippen LogP contribution in [0.25, 0.3) is 0 Å². The summed E-state index contributed by atoms with van der Waals surface area (Å²) in [7, 11) is 1.52. The standard InChI is InChI=1S/C31H31Cl2F3N2O5/c1-18(2)27(28(39)31(34,35)36)38-30(41)26(16-19-5-4-6-22(33)15-19)37-29(40)25(20-7-9-21(32)10-8-20)17-43-24-13-11-23(42-3)12-14-24/h4-15,18,25-27H,16-17H2,1-3H3,(H,37,40)(H,38,41)/t25?,26-,27-/m0/s1. The Labute approximate surface area is 257 Å². The number of Topliss-reactive ketones (excluding diaryl/α,β-unsaturated/α-hetero) is 1. The Morgan fingerprint density at radius 2 is 1.47 bits per heavy atom. The van der Waals surface area contributed by atoms with Crippen LogP contribution in [-0.2, 0) is 20.8 Å². The monoisotopic (exact) mass is 638 g/mol. The van der Waals surface area contributed by atoms with Crippen molar-refractivity contribution in [3.05, 3.63) is 94.0 Å². The van der Waals surface area contributed by atoms with Crippen molar-refractivity contribution in [2.75, 3.05) is 13.7 Å². The Kier molecular flexibility index (Phi) is 11.9. The zero-order chi connectivity index (χ0) is 31.7. The van der Waals surface area contributed by atoms with Gasteiger partial charge in [0, 0.05) is 16.5 Å². The average molecular weight is 639 g/mol. The van der Waals surface area contributed by atoms with Crippen LogP contribution in [0, 0.1) is 5.92 Å². The first kappa shape index (κ1) is 33.7. The van der Waals surface area contributed by atoms with Gasteiger partial charge in [0.2, 0.25) is 11.8 Å². The van der Waals surface area contributed by atoms with Crippen molar-refractivity contribution < 1.29 is 37.0 Å². The second kappa shape index (κ2) is 15.1. The van der Waals surface area contributed by atoms with Gasteiger partial charge in [0.25, 0.3) is 5.78 Å². The molecule has 0 saturated heterocycles. The number of carbonyl (C=O) groups excluding carboxylic acids is 3. The molecule has 230 valence electrons. The first-order chi connectivity index (χ1) is 20.3. The van der Waals surface area contributed by atoms with Crippen molar-refractivity contribution in [3.63, 3.8) is 0 Å². The minimum atomic E-state index is -5.16. The van der Waals surface area contributed by atoms with Crippen LogP contribution in [0.2, 0.25) is 10.0 Å². The molecule has 12 heteroatoms. The predicted molar refractivity (Wildman–Crippen MR) is 158 cm³/mol. The Balaban J connectivity index is 1.90. The van der Waals surface area contributed by atoms with E-state index in [0.29, 0.717) is 32.7 Å². The number of hydrogen-bond acceptors (Lipinski definition) is 5. The predicted octanol–water partition coefficient (Wildman–Crippen LogP) is 6.16. The number of methoxy groups -OCH3 is 1. The summed E-state index contributed by atoms with van der Waals surface area (Å²) < 4.78 is 50.9. The van der Waals surface area contributed by atoms with Gasteiger partial charge in [-0.25, -0.2) is 0 Å². The lowest BCUT2D eigenvalue weighted by molar-refractivity contribution is -0.175. The topological polar surface area (TPSA) is 93.7 Å². The Hall–Kier alpha value is -3.76. The minimum absolute atomic E-state index is 0.115. The number of ether oxygens (including phenoxy) is 2. The highest BCUT2D eigenvalue weighted by Gasteiger charge is 2.45. The molecule has 43 heavy (non-hydrogen) atoms. The minimum Gasteiger partial charge on any atom is -0.497 e. The molecule has 3 rings (SSSR count). The second-order valence-electron chi connectivity index (χ2n) is 10.1. The fourth-order valence-electron chi connectivity index (χ4n) is 4.22. The van der Waals surface area contributed by atoms with Crippen molar-refractivity contribution in [2.45, 2.75) is 44.4 Å². The molecule has 3 aromatic carbocycles. The summed E-state index contributed by atoms with van der Waals surface area (Å²) in [4.78, 5) is 39.2. The van der Waals surface area contributed by atoms with Gasteiger partial charge in [-0.1, -0.05) is 61.3 Å². The summed E-state index contributed by atoms with van der Waals surface area (Å²) in [6.45, 7) is 2.62. The number of alkyl halides is 3. The summed E-state index contributed by atoms with van der Waals surface area (Å²) >= 11 is 12.1. The average Bonchev–Trinajstić information content (AvgIpc) is 2.95. The summed E-state index contributed by atoms with van der Waals surface area (Å²) in [5, 5.41) is 5.66. The van der Waals surface area contributed by atoms with Gasteiger partial charge in [0.05, 0.1) is 19.1 Å². The van der Waals surface area contributed by atoms with Crippen LogP contribution in [0.1, 0.15) is 30.9 Å². The maximum absolute atomic E-state index is 13.7. The molecule has 3 atom stereocenters. The Bertz CT molecular complexity index is 1400. The van der Waals surface area contributed by atoms with Gasteiger partial charge in [-0.05, 0) is 65.6 Å². The lowest BCUT2D eigenvalue weighted by Gasteiger charge is -2.27. The zero-order valence-electron chi connectivity index (χ0n) is 23.6. The molecule has 7 nitrogen and oxygen atoms in total. The Morgan fingerprint density at radius 3 is 2.02 bits per heavy atom. The molecular formula is C31H31Cl2F3N2O5. The van der Waals surface area contributed by atoms with Gasteiger partial charge >= 0.3 is 6.18 Å². The third-order valence-electron chi connectivity index (χ3n) is 6.55. The van der Waals surface area contributed by atoms with Crippen molar-refractivity contribution in [1.82, 2.24) is 10.6 Å². The highest BCUT2D eigenvalue weighted by Crippen LogP contribution is 2.24. The molecule has 0 spiro atoms. The van der Waals surface area contributed by atoms with Crippen LogP contribution in [0.15, 0.2) is 72.8 Å². The maximum atomic E-state index is 13.7. The smallest absolute Gasteiger partial charge is 0.452 e. The van der Waals surface area contributed by atoms with Crippen molar-refractivity contribution in [2.24, 2.45) is 5.92 Å². The zero-order valence-corrected chi connectivity index (χ0v) is 25.1. The normalized spacial score (nSPS) is 13.5. The molecule has 0 aromatic heterocycles. The van der Waals surface area contributed by atoms with Crippen molar-refractivity contribution >= 4 is 40.8 Å². The summed E-state index contributed by atoms with van der Waals surface area (Å²) in [6, 6.07) is 16.4. The van der Waals surface area contributed by atoms with Gasteiger partial charge in [-0.15, -0.1) is 0 Å². The van der Waals surface area contributed by atoms with Crippen molar-refractivity contribution in [1.29, 1.82) is 0 Å². The lowest BCUT2D eigenvalue weighted by Crippen LogP contribution is -2.56. The van der Waals surface area contributed by atoms with Crippen molar-refractivity contribution in [3.8, 4) is 11.5 Å². The molecule has 0 radical (unpaired) electrons. The quantitative estimate of drug-likeness (QED) is 0.234. The molecule has 1 unspecified atom stereocenters. The van der Waals surface area contributed by atoms with E-state index in [0.717, 1.165) is 0 Å². The molecular weight excluding hydrogens is 608 g/mol. The first-order valence-corrected chi connectivity index (χ1v) is 14.0. The SMILES string of the molecule is COc1ccc(OCC(C(=O)N[C@@H](Cc2cccc(Cl)c2)C(=O)N[C@H](C(=O)C(F)(F)F)C(C)C)c2ccc(Cl)cc2)cc1.